The molecule has 3 nitrogen and oxygen atoms in total. The van der Waals surface area contributed by atoms with Crippen molar-refractivity contribution in [3.8, 4) is 0 Å². The van der Waals surface area contributed by atoms with Gasteiger partial charge in [-0.05, 0) is 21.8 Å². The minimum absolute atomic E-state index is 0.650. The summed E-state index contributed by atoms with van der Waals surface area (Å²) in [6.07, 6.45) is 0. The van der Waals surface area contributed by atoms with Crippen molar-refractivity contribution in [3.05, 3.63) is 10.7 Å². The fourth-order valence-electron chi connectivity index (χ4n) is 0.702. The summed E-state index contributed by atoms with van der Waals surface area (Å²) in [5.41, 5.74) is 0. The van der Waals surface area contributed by atoms with E-state index in [4.69, 9.17) is 0 Å². The number of nitrogens with zero attached hydrogens (tertiary/aromatic N) is 1. The lowest BCUT2D eigenvalue weighted by Crippen LogP contribution is -2.07. The average molecular weight is 218 g/mol. The van der Waals surface area contributed by atoms with Crippen molar-refractivity contribution in [2.45, 2.75) is 13.8 Å². The van der Waals surface area contributed by atoms with Crippen molar-refractivity contribution in [2.24, 2.45) is 5.92 Å². The van der Waals surface area contributed by atoms with Crippen LogP contribution >= 0.6 is 15.9 Å². The Bertz CT molecular complexity index is 219. The van der Waals surface area contributed by atoms with E-state index in [1.807, 2.05) is 6.07 Å². The number of nitrogens with one attached hydrogen (secondary N) is 2. The number of halogens is 1. The lowest BCUT2D eigenvalue weighted by Gasteiger charge is -2.04. The second-order valence-corrected chi connectivity index (χ2v) is 3.69. The number of H-pyrrole nitrogens is 1. The Kier molecular flexibility index (Phi) is 2.93. The molecule has 1 heterocycles. The summed E-state index contributed by atoms with van der Waals surface area (Å²) in [6, 6.07) is 1.92. The summed E-state index contributed by atoms with van der Waals surface area (Å²) < 4.78 is 0.837. The van der Waals surface area contributed by atoms with Gasteiger partial charge in [-0.3, -0.25) is 5.10 Å². The number of aromatic amines is 1. The first-order valence-electron chi connectivity index (χ1n) is 3.63. The van der Waals surface area contributed by atoms with E-state index in [2.05, 4.69) is 45.3 Å². The highest BCUT2D eigenvalue weighted by Crippen LogP contribution is 2.10. The van der Waals surface area contributed by atoms with E-state index in [0.29, 0.717) is 5.92 Å². The van der Waals surface area contributed by atoms with Gasteiger partial charge >= 0.3 is 0 Å². The van der Waals surface area contributed by atoms with Gasteiger partial charge in [0.15, 0.2) is 0 Å². The van der Waals surface area contributed by atoms with Crippen LogP contribution in [-0.4, -0.2) is 16.7 Å². The van der Waals surface area contributed by atoms with Crippen LogP contribution in [0, 0.1) is 5.92 Å². The summed E-state index contributed by atoms with van der Waals surface area (Å²) in [7, 11) is 0. The van der Waals surface area contributed by atoms with Crippen molar-refractivity contribution in [2.75, 3.05) is 11.9 Å². The van der Waals surface area contributed by atoms with Crippen LogP contribution in [0.4, 0.5) is 5.82 Å². The van der Waals surface area contributed by atoms with E-state index >= 15 is 0 Å². The normalized spacial score (nSPS) is 10.5. The standard InChI is InChI=1S/C7H12BrN3/c1-5(2)4-9-7-3-6(8)10-11-7/h3,5H,4H2,1-2H3,(H2,9,10,11). The monoisotopic (exact) mass is 217 g/mol. The average Bonchev–Trinajstić information content (AvgIpc) is 2.31. The quantitative estimate of drug-likeness (QED) is 0.816. The lowest BCUT2D eigenvalue weighted by atomic mass is 10.2. The molecule has 0 amide bonds. The predicted molar refractivity (Wildman–Crippen MR) is 49.6 cm³/mol. The number of hydrogen-bond acceptors (Lipinski definition) is 2. The minimum atomic E-state index is 0.650. The molecule has 1 rings (SSSR count). The molecule has 0 atom stereocenters. The Morgan fingerprint density at radius 2 is 2.45 bits per heavy atom. The molecule has 0 spiro atoms. The SMILES string of the molecule is CC(C)CNc1cc(Br)n[nH]1. The molecule has 0 saturated carbocycles. The van der Waals surface area contributed by atoms with Crippen LogP contribution in [-0.2, 0) is 0 Å². The van der Waals surface area contributed by atoms with Crippen LogP contribution in [0.25, 0.3) is 0 Å². The van der Waals surface area contributed by atoms with E-state index in [0.717, 1.165) is 17.0 Å². The van der Waals surface area contributed by atoms with Crippen molar-refractivity contribution in [1.29, 1.82) is 0 Å². The van der Waals surface area contributed by atoms with Crippen molar-refractivity contribution in [1.82, 2.24) is 10.2 Å². The number of rotatable bonds is 3. The van der Waals surface area contributed by atoms with Crippen LogP contribution in [0.15, 0.2) is 10.7 Å². The highest BCUT2D eigenvalue weighted by Gasteiger charge is 1.97. The molecule has 0 aliphatic rings. The zero-order valence-electron chi connectivity index (χ0n) is 6.69. The molecule has 0 saturated heterocycles. The number of hydrogen-bond donors (Lipinski definition) is 2. The van der Waals surface area contributed by atoms with Gasteiger partial charge in [0.25, 0.3) is 0 Å². The van der Waals surface area contributed by atoms with Gasteiger partial charge in [0.1, 0.15) is 10.4 Å². The molecular formula is C7H12BrN3. The highest BCUT2D eigenvalue weighted by molar-refractivity contribution is 9.10. The zero-order chi connectivity index (χ0) is 8.27. The second-order valence-electron chi connectivity index (χ2n) is 2.88. The molecule has 0 bridgehead atoms. The third-order valence-electron chi connectivity index (χ3n) is 1.25. The van der Waals surface area contributed by atoms with Crippen LogP contribution in [0.2, 0.25) is 0 Å². The molecule has 0 aromatic carbocycles. The van der Waals surface area contributed by atoms with E-state index in [1.165, 1.54) is 0 Å². The third-order valence-corrected chi connectivity index (χ3v) is 1.65. The van der Waals surface area contributed by atoms with Gasteiger partial charge in [-0.25, -0.2) is 0 Å². The maximum Gasteiger partial charge on any atom is 0.130 e. The van der Waals surface area contributed by atoms with Gasteiger partial charge in [0, 0.05) is 12.6 Å². The molecule has 2 N–H and O–H groups in total. The van der Waals surface area contributed by atoms with Gasteiger partial charge in [0.2, 0.25) is 0 Å². The first-order chi connectivity index (χ1) is 5.18. The molecular weight excluding hydrogens is 206 g/mol. The molecule has 1 aromatic heterocycles. The van der Waals surface area contributed by atoms with Gasteiger partial charge in [-0.15, -0.1) is 0 Å². The third kappa shape index (κ3) is 2.93. The Balaban J connectivity index is 2.39. The smallest absolute Gasteiger partial charge is 0.130 e. The Labute approximate surface area is 74.7 Å². The van der Waals surface area contributed by atoms with Crippen molar-refractivity contribution < 1.29 is 0 Å². The molecule has 4 heteroatoms. The first kappa shape index (κ1) is 8.59. The van der Waals surface area contributed by atoms with Crippen molar-refractivity contribution in [3.63, 3.8) is 0 Å². The lowest BCUT2D eigenvalue weighted by molar-refractivity contribution is 0.686. The maximum absolute atomic E-state index is 3.92. The van der Waals surface area contributed by atoms with Gasteiger partial charge < -0.3 is 5.32 Å². The predicted octanol–water partition coefficient (Wildman–Crippen LogP) is 2.24. The van der Waals surface area contributed by atoms with E-state index in [-0.39, 0.29) is 0 Å². The Morgan fingerprint density at radius 3 is 2.91 bits per heavy atom. The van der Waals surface area contributed by atoms with Crippen LogP contribution in [0.5, 0.6) is 0 Å². The Morgan fingerprint density at radius 1 is 1.73 bits per heavy atom. The second kappa shape index (κ2) is 3.76. The molecule has 0 aliphatic heterocycles. The highest BCUT2D eigenvalue weighted by atomic mass is 79.9. The number of aromatic nitrogens is 2. The molecule has 0 radical (unpaired) electrons. The topological polar surface area (TPSA) is 40.7 Å². The Hall–Kier alpha value is -0.510. The molecule has 62 valence electrons. The van der Waals surface area contributed by atoms with Crippen LogP contribution in [0.1, 0.15) is 13.8 Å². The maximum atomic E-state index is 3.92. The van der Waals surface area contributed by atoms with Gasteiger partial charge in [-0.2, -0.15) is 5.10 Å². The van der Waals surface area contributed by atoms with E-state index < -0.39 is 0 Å². The van der Waals surface area contributed by atoms with E-state index in [1.54, 1.807) is 0 Å². The largest absolute Gasteiger partial charge is 0.370 e. The van der Waals surface area contributed by atoms with Gasteiger partial charge in [0.05, 0.1) is 0 Å². The van der Waals surface area contributed by atoms with Crippen LogP contribution in [0.3, 0.4) is 0 Å². The fraction of sp³-hybridized carbons (Fsp3) is 0.571. The molecule has 11 heavy (non-hydrogen) atoms. The summed E-state index contributed by atoms with van der Waals surface area (Å²) in [4.78, 5) is 0. The molecule has 0 aliphatic carbocycles. The summed E-state index contributed by atoms with van der Waals surface area (Å²) in [5.74, 6) is 1.61. The first-order valence-corrected chi connectivity index (χ1v) is 4.42. The van der Waals surface area contributed by atoms with E-state index in [9.17, 15) is 0 Å². The number of anilines is 1. The zero-order valence-corrected chi connectivity index (χ0v) is 8.27. The summed E-state index contributed by atoms with van der Waals surface area (Å²) in [5, 5.41) is 9.99. The fourth-order valence-corrected chi connectivity index (χ4v) is 1.02. The molecule has 0 unspecified atom stereocenters. The minimum Gasteiger partial charge on any atom is -0.370 e. The van der Waals surface area contributed by atoms with Crippen LogP contribution < -0.4 is 5.32 Å². The summed E-state index contributed by atoms with van der Waals surface area (Å²) in [6.45, 7) is 5.30. The molecule has 1 aromatic rings. The molecule has 0 fully saturated rings. The van der Waals surface area contributed by atoms with Gasteiger partial charge in [-0.1, -0.05) is 13.8 Å². The summed E-state index contributed by atoms with van der Waals surface area (Å²) >= 11 is 3.26. The van der Waals surface area contributed by atoms with Crippen molar-refractivity contribution >= 4 is 21.7 Å².